The minimum atomic E-state index is -3.52. The normalized spacial score (nSPS) is 12.6. The first-order valence-electron chi connectivity index (χ1n) is 7.86. The van der Waals surface area contributed by atoms with Crippen molar-refractivity contribution in [1.29, 1.82) is 0 Å². The van der Waals surface area contributed by atoms with E-state index in [-0.39, 0.29) is 15.5 Å². The van der Waals surface area contributed by atoms with E-state index in [9.17, 15) is 13.2 Å². The highest BCUT2D eigenvalue weighted by molar-refractivity contribution is 9.10. The number of benzene rings is 1. The van der Waals surface area contributed by atoms with Crippen molar-refractivity contribution in [3.8, 4) is 5.95 Å². The Labute approximate surface area is 174 Å². The summed E-state index contributed by atoms with van der Waals surface area (Å²) in [5.41, 5.74) is 0.112. The Hall–Kier alpha value is -2.37. The largest absolute Gasteiger partial charge is 0.342 e. The highest BCUT2D eigenvalue weighted by atomic mass is 79.9. The van der Waals surface area contributed by atoms with Gasteiger partial charge in [0.1, 0.15) is 0 Å². The van der Waals surface area contributed by atoms with Gasteiger partial charge in [0, 0.05) is 29.2 Å². The molecule has 0 fully saturated rings. The highest BCUT2D eigenvalue weighted by Gasteiger charge is 2.21. The van der Waals surface area contributed by atoms with Crippen LogP contribution in [0.3, 0.4) is 0 Å². The van der Waals surface area contributed by atoms with Crippen LogP contribution in [-0.2, 0) is 9.84 Å². The number of sulfone groups is 1. The van der Waals surface area contributed by atoms with E-state index in [4.69, 9.17) is 11.6 Å². The first-order valence-corrected chi connectivity index (χ1v) is 10.9. The fourth-order valence-corrected chi connectivity index (χ4v) is 3.70. The Kier molecular flexibility index (Phi) is 5.77. The van der Waals surface area contributed by atoms with Crippen molar-refractivity contribution < 1.29 is 13.2 Å². The number of amides is 1. The average molecular weight is 486 g/mol. The molecular formula is C16H14BrClN6O3S. The number of aromatic nitrogens is 5. The molecule has 0 aliphatic heterocycles. The van der Waals surface area contributed by atoms with E-state index < -0.39 is 21.8 Å². The van der Waals surface area contributed by atoms with Crippen molar-refractivity contribution in [1.82, 2.24) is 30.0 Å². The topological polar surface area (TPSA) is 120 Å². The van der Waals surface area contributed by atoms with E-state index in [0.29, 0.717) is 16.5 Å². The van der Waals surface area contributed by atoms with E-state index in [2.05, 4.69) is 41.3 Å². The van der Waals surface area contributed by atoms with Gasteiger partial charge in [0.25, 0.3) is 11.9 Å². The summed E-state index contributed by atoms with van der Waals surface area (Å²) in [7, 11) is -3.52. The molecule has 0 bridgehead atoms. The third-order valence-corrected chi connectivity index (χ3v) is 5.29. The summed E-state index contributed by atoms with van der Waals surface area (Å²) in [6.45, 7) is 1.70. The van der Waals surface area contributed by atoms with Crippen LogP contribution in [-0.4, -0.2) is 45.3 Å². The van der Waals surface area contributed by atoms with Crippen molar-refractivity contribution in [3.63, 3.8) is 0 Å². The standard InChI is InChI=1S/C16H14BrClN6O3S/c1-9(13-22-15(17)23-24(13)16-19-4-3-5-20-16)21-14(25)10-6-11(18)8-12(7-10)28(2,26)27/h3-9H,1-2H3,(H,21,25). The quantitative estimate of drug-likeness (QED) is 0.589. The zero-order chi connectivity index (χ0) is 20.5. The molecule has 3 rings (SSSR count). The molecule has 0 aliphatic carbocycles. The Morgan fingerprint density at radius 3 is 2.57 bits per heavy atom. The van der Waals surface area contributed by atoms with Crippen molar-refractivity contribution >= 4 is 43.3 Å². The summed E-state index contributed by atoms with van der Waals surface area (Å²) < 4.78 is 25.3. The second-order valence-electron chi connectivity index (χ2n) is 5.84. The molecule has 1 aromatic carbocycles. The van der Waals surface area contributed by atoms with Crippen LogP contribution < -0.4 is 5.32 Å². The molecule has 0 aliphatic rings. The number of hydrogen-bond acceptors (Lipinski definition) is 7. The molecule has 146 valence electrons. The molecule has 9 nitrogen and oxygen atoms in total. The molecule has 3 aromatic rings. The lowest BCUT2D eigenvalue weighted by atomic mass is 10.2. The third kappa shape index (κ3) is 4.54. The fraction of sp³-hybridized carbons (Fsp3) is 0.188. The van der Waals surface area contributed by atoms with Gasteiger partial charge in [0.05, 0.1) is 10.9 Å². The van der Waals surface area contributed by atoms with Gasteiger partial charge in [-0.05, 0) is 47.1 Å². The van der Waals surface area contributed by atoms with E-state index >= 15 is 0 Å². The van der Waals surface area contributed by atoms with Gasteiger partial charge in [0.2, 0.25) is 4.73 Å². The van der Waals surface area contributed by atoms with E-state index in [1.54, 1.807) is 25.4 Å². The molecule has 0 radical (unpaired) electrons. The molecule has 2 aromatic heterocycles. The maximum absolute atomic E-state index is 12.6. The monoisotopic (exact) mass is 484 g/mol. The van der Waals surface area contributed by atoms with Crippen LogP contribution in [0.1, 0.15) is 29.1 Å². The van der Waals surface area contributed by atoms with Gasteiger partial charge in [-0.3, -0.25) is 4.79 Å². The molecule has 1 amide bonds. The summed E-state index contributed by atoms with van der Waals surface area (Å²) in [6.07, 6.45) is 4.16. The number of carbonyl (C=O) groups is 1. The second-order valence-corrected chi connectivity index (χ2v) is 9.00. The number of rotatable bonds is 5. The predicted molar refractivity (Wildman–Crippen MR) is 105 cm³/mol. The molecule has 12 heteroatoms. The first kappa shape index (κ1) is 20.4. The van der Waals surface area contributed by atoms with Crippen LogP contribution in [0.25, 0.3) is 5.95 Å². The molecular weight excluding hydrogens is 472 g/mol. The van der Waals surface area contributed by atoms with Gasteiger partial charge in [-0.2, -0.15) is 4.68 Å². The maximum Gasteiger partial charge on any atom is 0.252 e. The Morgan fingerprint density at radius 2 is 1.93 bits per heavy atom. The third-order valence-electron chi connectivity index (χ3n) is 3.64. The van der Waals surface area contributed by atoms with E-state index in [0.717, 1.165) is 6.26 Å². The molecule has 2 heterocycles. The Bertz CT molecular complexity index is 1140. The predicted octanol–water partition coefficient (Wildman–Crippen LogP) is 2.37. The van der Waals surface area contributed by atoms with Crippen LogP contribution in [0, 0.1) is 0 Å². The lowest BCUT2D eigenvalue weighted by Crippen LogP contribution is -2.29. The Balaban J connectivity index is 1.90. The number of nitrogens with zero attached hydrogens (tertiary/aromatic N) is 5. The molecule has 1 unspecified atom stereocenters. The van der Waals surface area contributed by atoms with Gasteiger partial charge in [-0.15, -0.1) is 5.10 Å². The molecule has 1 atom stereocenters. The minimum absolute atomic E-state index is 0.0404. The summed E-state index contributed by atoms with van der Waals surface area (Å²) in [5, 5.41) is 7.08. The van der Waals surface area contributed by atoms with Crippen LogP contribution >= 0.6 is 27.5 Å². The average Bonchev–Trinajstić information content (AvgIpc) is 3.03. The van der Waals surface area contributed by atoms with Crippen LogP contribution in [0.15, 0.2) is 46.3 Å². The lowest BCUT2D eigenvalue weighted by Gasteiger charge is -2.14. The second kappa shape index (κ2) is 7.94. The zero-order valence-corrected chi connectivity index (χ0v) is 17.8. The van der Waals surface area contributed by atoms with Crippen molar-refractivity contribution in [2.24, 2.45) is 0 Å². The van der Waals surface area contributed by atoms with E-state index in [1.165, 1.54) is 22.9 Å². The van der Waals surface area contributed by atoms with Crippen molar-refractivity contribution in [2.75, 3.05) is 6.26 Å². The minimum Gasteiger partial charge on any atom is -0.342 e. The molecule has 0 spiro atoms. The lowest BCUT2D eigenvalue weighted by molar-refractivity contribution is 0.0937. The summed E-state index contributed by atoms with van der Waals surface area (Å²) in [6, 6.07) is 5.02. The SMILES string of the molecule is CC(NC(=O)c1cc(Cl)cc(S(C)(=O)=O)c1)c1nc(Br)nn1-c1ncccn1. The van der Waals surface area contributed by atoms with Gasteiger partial charge < -0.3 is 5.32 Å². The molecule has 1 N–H and O–H groups in total. The van der Waals surface area contributed by atoms with E-state index in [1.807, 2.05) is 0 Å². The number of halogens is 2. The Morgan fingerprint density at radius 1 is 1.25 bits per heavy atom. The van der Waals surface area contributed by atoms with Crippen molar-refractivity contribution in [3.05, 3.63) is 57.8 Å². The van der Waals surface area contributed by atoms with Gasteiger partial charge in [0.15, 0.2) is 15.7 Å². The smallest absolute Gasteiger partial charge is 0.252 e. The zero-order valence-electron chi connectivity index (χ0n) is 14.7. The van der Waals surface area contributed by atoms with Gasteiger partial charge in [-0.1, -0.05) is 11.6 Å². The van der Waals surface area contributed by atoms with Gasteiger partial charge in [-0.25, -0.2) is 23.4 Å². The number of hydrogen-bond donors (Lipinski definition) is 1. The van der Waals surface area contributed by atoms with Crippen LogP contribution in [0.4, 0.5) is 0 Å². The number of carbonyl (C=O) groups excluding carboxylic acids is 1. The highest BCUT2D eigenvalue weighted by Crippen LogP contribution is 2.21. The van der Waals surface area contributed by atoms with Crippen molar-refractivity contribution in [2.45, 2.75) is 17.9 Å². The summed E-state index contributed by atoms with van der Waals surface area (Å²) in [5.74, 6) is 0.162. The molecule has 0 saturated heterocycles. The maximum atomic E-state index is 12.6. The summed E-state index contributed by atoms with van der Waals surface area (Å²) in [4.78, 5) is 25.1. The number of nitrogens with one attached hydrogen (secondary N) is 1. The molecule has 28 heavy (non-hydrogen) atoms. The van der Waals surface area contributed by atoms with Crippen LogP contribution in [0.5, 0.6) is 0 Å². The first-order chi connectivity index (χ1) is 13.1. The van der Waals surface area contributed by atoms with Gasteiger partial charge >= 0.3 is 0 Å². The fourth-order valence-electron chi connectivity index (χ4n) is 2.38. The summed E-state index contributed by atoms with van der Waals surface area (Å²) >= 11 is 9.17. The van der Waals surface area contributed by atoms with Crippen LogP contribution in [0.2, 0.25) is 5.02 Å². The molecule has 0 saturated carbocycles.